The molecule has 1 nitrogen and oxygen atoms in total. The highest BCUT2D eigenvalue weighted by Crippen LogP contribution is 2.14. The number of hydrogen-bond acceptors (Lipinski definition) is 1. The van der Waals surface area contributed by atoms with E-state index >= 15 is 0 Å². The van der Waals surface area contributed by atoms with Crippen LogP contribution in [-0.2, 0) is 0 Å². The van der Waals surface area contributed by atoms with Crippen LogP contribution < -0.4 is 0 Å². The van der Waals surface area contributed by atoms with Gasteiger partial charge in [-0.2, -0.15) is 0 Å². The van der Waals surface area contributed by atoms with Crippen molar-refractivity contribution in [2.75, 3.05) is 0 Å². The summed E-state index contributed by atoms with van der Waals surface area (Å²) >= 11 is 0. The monoisotopic (exact) mass is 249 g/mol. The quantitative estimate of drug-likeness (QED) is 0.702. The van der Waals surface area contributed by atoms with Gasteiger partial charge in [0.05, 0.1) is 5.54 Å². The first-order valence-corrected chi connectivity index (χ1v) is 6.50. The summed E-state index contributed by atoms with van der Waals surface area (Å²) in [5.41, 5.74) is 2.13. The molecule has 0 saturated heterocycles. The second kappa shape index (κ2) is 6.14. The zero-order chi connectivity index (χ0) is 13.6. The van der Waals surface area contributed by atoms with Crippen molar-refractivity contribution in [1.29, 1.82) is 0 Å². The van der Waals surface area contributed by atoms with E-state index in [-0.39, 0.29) is 5.54 Å². The van der Waals surface area contributed by atoms with Crippen molar-refractivity contribution in [1.82, 2.24) is 0 Å². The van der Waals surface area contributed by atoms with Crippen LogP contribution in [0.4, 0.5) is 0 Å². The number of benzene rings is 2. The van der Waals surface area contributed by atoms with Gasteiger partial charge in [-0.3, -0.25) is 4.99 Å². The molecule has 19 heavy (non-hydrogen) atoms. The second-order valence-corrected chi connectivity index (χ2v) is 5.07. The van der Waals surface area contributed by atoms with Crippen LogP contribution in [0.25, 0.3) is 6.08 Å². The van der Waals surface area contributed by atoms with Gasteiger partial charge in [-0.1, -0.05) is 72.8 Å². The van der Waals surface area contributed by atoms with Gasteiger partial charge in [0.15, 0.2) is 0 Å². The lowest BCUT2D eigenvalue weighted by atomic mass is 10.0. The molecule has 96 valence electrons. The van der Waals surface area contributed by atoms with Gasteiger partial charge < -0.3 is 0 Å². The molecule has 0 aliphatic heterocycles. The average molecular weight is 249 g/mol. The molecule has 0 radical (unpaired) electrons. The normalized spacial score (nSPS) is 12.3. The minimum absolute atomic E-state index is 0.203. The smallest absolute Gasteiger partial charge is 0.0735 e. The third-order valence-corrected chi connectivity index (χ3v) is 2.83. The molecular weight excluding hydrogens is 230 g/mol. The summed E-state index contributed by atoms with van der Waals surface area (Å²) in [6, 6.07) is 20.5. The first-order valence-electron chi connectivity index (χ1n) is 6.50. The van der Waals surface area contributed by atoms with Crippen LogP contribution in [0.1, 0.15) is 25.0 Å². The summed E-state index contributed by atoms with van der Waals surface area (Å²) in [4.78, 5) is 4.63. The molecule has 0 spiro atoms. The molecule has 0 aliphatic rings. The zero-order valence-electron chi connectivity index (χ0n) is 11.5. The lowest BCUT2D eigenvalue weighted by molar-refractivity contribution is 0.664. The molecule has 0 aromatic heterocycles. The first kappa shape index (κ1) is 13.3. The van der Waals surface area contributed by atoms with Crippen molar-refractivity contribution >= 4 is 12.3 Å². The fourth-order valence-electron chi connectivity index (χ4n) is 1.69. The minimum Gasteiger partial charge on any atom is -0.282 e. The van der Waals surface area contributed by atoms with E-state index in [4.69, 9.17) is 0 Å². The third-order valence-electron chi connectivity index (χ3n) is 2.83. The third kappa shape index (κ3) is 4.55. The Bertz CT molecular complexity index is 499. The van der Waals surface area contributed by atoms with E-state index in [0.717, 1.165) is 5.56 Å². The Morgan fingerprint density at radius 2 is 1.32 bits per heavy atom. The predicted molar refractivity (Wildman–Crippen MR) is 83.6 cm³/mol. The van der Waals surface area contributed by atoms with Gasteiger partial charge >= 0.3 is 0 Å². The van der Waals surface area contributed by atoms with E-state index in [1.54, 1.807) is 0 Å². The standard InChI is InChI=1S/C18H19N/c1-18(2,14-13-16-9-5-3-6-10-16)19-15-17-11-7-4-8-12-17/h3-15H,1-2H3/b14-13-,19-15?. The minimum atomic E-state index is -0.203. The summed E-state index contributed by atoms with van der Waals surface area (Å²) < 4.78 is 0. The topological polar surface area (TPSA) is 12.4 Å². The van der Waals surface area contributed by atoms with Gasteiger partial charge in [0.1, 0.15) is 0 Å². The summed E-state index contributed by atoms with van der Waals surface area (Å²) in [6.45, 7) is 4.21. The molecule has 0 fully saturated rings. The summed E-state index contributed by atoms with van der Waals surface area (Å²) in [7, 11) is 0. The molecule has 0 aliphatic carbocycles. The van der Waals surface area contributed by atoms with Crippen molar-refractivity contribution < 1.29 is 0 Å². The number of nitrogens with zero attached hydrogens (tertiary/aromatic N) is 1. The summed E-state index contributed by atoms with van der Waals surface area (Å²) in [6.07, 6.45) is 6.17. The maximum absolute atomic E-state index is 4.63. The second-order valence-electron chi connectivity index (χ2n) is 5.07. The van der Waals surface area contributed by atoms with E-state index < -0.39 is 0 Å². The molecule has 0 heterocycles. The molecule has 1 heteroatoms. The largest absolute Gasteiger partial charge is 0.282 e. The summed E-state index contributed by atoms with van der Waals surface area (Å²) in [5.74, 6) is 0. The molecule has 2 rings (SSSR count). The Kier molecular flexibility index (Phi) is 4.30. The lowest BCUT2D eigenvalue weighted by Gasteiger charge is -2.14. The molecule has 0 bridgehead atoms. The molecule has 2 aromatic carbocycles. The van der Waals surface area contributed by atoms with Gasteiger partial charge in [-0.25, -0.2) is 0 Å². The van der Waals surface area contributed by atoms with Crippen LogP contribution in [0.15, 0.2) is 71.7 Å². The van der Waals surface area contributed by atoms with E-state index in [1.165, 1.54) is 5.56 Å². The van der Waals surface area contributed by atoms with Crippen molar-refractivity contribution in [3.8, 4) is 0 Å². The van der Waals surface area contributed by atoms with Gasteiger partial charge in [-0.15, -0.1) is 0 Å². The number of rotatable bonds is 4. The van der Waals surface area contributed by atoms with Crippen LogP contribution in [0.2, 0.25) is 0 Å². The molecule has 0 saturated carbocycles. The van der Waals surface area contributed by atoms with Crippen LogP contribution >= 0.6 is 0 Å². The molecule has 0 amide bonds. The van der Waals surface area contributed by atoms with E-state index in [9.17, 15) is 0 Å². The fourth-order valence-corrected chi connectivity index (χ4v) is 1.69. The molecular formula is C18H19N. The van der Waals surface area contributed by atoms with Gasteiger partial charge in [0.25, 0.3) is 0 Å². The Morgan fingerprint density at radius 3 is 1.89 bits per heavy atom. The number of hydrogen-bond donors (Lipinski definition) is 0. The zero-order valence-corrected chi connectivity index (χ0v) is 11.5. The van der Waals surface area contributed by atoms with Crippen molar-refractivity contribution in [3.05, 3.63) is 77.9 Å². The van der Waals surface area contributed by atoms with E-state index in [0.29, 0.717) is 0 Å². The van der Waals surface area contributed by atoms with Crippen LogP contribution in [0.5, 0.6) is 0 Å². The molecule has 0 atom stereocenters. The average Bonchev–Trinajstić information content (AvgIpc) is 2.46. The highest BCUT2D eigenvalue weighted by atomic mass is 14.8. The van der Waals surface area contributed by atoms with Crippen LogP contribution in [0, 0.1) is 0 Å². The van der Waals surface area contributed by atoms with Crippen LogP contribution in [0.3, 0.4) is 0 Å². The molecule has 2 aromatic rings. The highest BCUT2D eigenvalue weighted by Gasteiger charge is 2.09. The lowest BCUT2D eigenvalue weighted by Crippen LogP contribution is -2.12. The van der Waals surface area contributed by atoms with Crippen molar-refractivity contribution in [2.24, 2.45) is 4.99 Å². The van der Waals surface area contributed by atoms with Crippen LogP contribution in [-0.4, -0.2) is 11.8 Å². The Balaban J connectivity index is 2.06. The first-order chi connectivity index (χ1) is 9.16. The predicted octanol–water partition coefficient (Wildman–Crippen LogP) is 4.60. The van der Waals surface area contributed by atoms with E-state index in [2.05, 4.69) is 55.3 Å². The number of aliphatic imine (C=N–C) groups is 1. The van der Waals surface area contributed by atoms with E-state index in [1.807, 2.05) is 42.6 Å². The molecule has 0 N–H and O–H groups in total. The van der Waals surface area contributed by atoms with Gasteiger partial charge in [0, 0.05) is 6.21 Å². The Hall–Kier alpha value is -2.15. The van der Waals surface area contributed by atoms with Gasteiger partial charge in [-0.05, 0) is 25.0 Å². The Morgan fingerprint density at radius 1 is 0.789 bits per heavy atom. The Labute approximate surface area is 115 Å². The maximum Gasteiger partial charge on any atom is 0.0735 e. The highest BCUT2D eigenvalue weighted by molar-refractivity contribution is 5.80. The summed E-state index contributed by atoms with van der Waals surface area (Å²) in [5, 5.41) is 0. The van der Waals surface area contributed by atoms with Crippen molar-refractivity contribution in [3.63, 3.8) is 0 Å². The maximum atomic E-state index is 4.63. The van der Waals surface area contributed by atoms with Crippen molar-refractivity contribution in [2.45, 2.75) is 19.4 Å². The fraction of sp³-hybridized carbons (Fsp3) is 0.167. The molecule has 0 unspecified atom stereocenters. The van der Waals surface area contributed by atoms with Gasteiger partial charge in [0.2, 0.25) is 0 Å². The SMILES string of the molecule is CC(C)(/C=C\c1ccccc1)N=Cc1ccccc1.